The van der Waals surface area contributed by atoms with E-state index in [1.165, 1.54) is 0 Å². The van der Waals surface area contributed by atoms with Crippen molar-refractivity contribution in [2.24, 2.45) is 11.7 Å². The maximum absolute atomic E-state index is 12.9. The normalized spacial score (nSPS) is 17.6. The lowest BCUT2D eigenvalue weighted by molar-refractivity contribution is -0.136. The highest BCUT2D eigenvalue weighted by atomic mass is 16.5. The molecule has 0 spiro atoms. The fraction of sp³-hybridized carbons (Fsp3) is 0.524. The molecule has 1 saturated heterocycles. The van der Waals surface area contributed by atoms with Crippen LogP contribution in [0.5, 0.6) is 5.75 Å². The van der Waals surface area contributed by atoms with Crippen LogP contribution in [0.15, 0.2) is 23.0 Å². The van der Waals surface area contributed by atoms with Crippen LogP contribution in [0.25, 0.3) is 10.9 Å². The number of aromatic nitrogens is 2. The van der Waals surface area contributed by atoms with Gasteiger partial charge in [-0.3, -0.25) is 19.0 Å². The summed E-state index contributed by atoms with van der Waals surface area (Å²) in [4.78, 5) is 42.9. The van der Waals surface area contributed by atoms with Gasteiger partial charge >= 0.3 is 0 Å². The van der Waals surface area contributed by atoms with E-state index in [2.05, 4.69) is 4.98 Å². The summed E-state index contributed by atoms with van der Waals surface area (Å²) >= 11 is 0. The van der Waals surface area contributed by atoms with Crippen LogP contribution < -0.4 is 16.0 Å². The smallest absolute Gasteiger partial charge is 0.261 e. The molecular formula is C21H26N4O4. The molecule has 0 radical (unpaired) electrons. The summed E-state index contributed by atoms with van der Waals surface area (Å²) in [5.74, 6) is 0.734. The molecule has 0 atom stereocenters. The van der Waals surface area contributed by atoms with E-state index >= 15 is 0 Å². The second-order valence-corrected chi connectivity index (χ2v) is 7.82. The molecule has 29 heavy (non-hydrogen) atoms. The number of nitrogens with two attached hydrogens (primary N) is 1. The van der Waals surface area contributed by atoms with Crippen molar-refractivity contribution in [3.8, 4) is 5.75 Å². The second-order valence-electron chi connectivity index (χ2n) is 7.82. The van der Waals surface area contributed by atoms with Crippen molar-refractivity contribution >= 4 is 22.7 Å². The van der Waals surface area contributed by atoms with Gasteiger partial charge in [0.25, 0.3) is 11.5 Å². The molecule has 2 aromatic rings. The summed E-state index contributed by atoms with van der Waals surface area (Å²) in [7, 11) is 0. The van der Waals surface area contributed by atoms with E-state index in [1.54, 1.807) is 27.7 Å². The number of carbonyl (C=O) groups excluding carboxylic acids is 2. The summed E-state index contributed by atoms with van der Waals surface area (Å²) < 4.78 is 7.44. The molecule has 0 bridgehead atoms. The van der Waals surface area contributed by atoms with Crippen molar-refractivity contribution in [2.45, 2.75) is 45.1 Å². The van der Waals surface area contributed by atoms with Crippen molar-refractivity contribution in [1.29, 1.82) is 0 Å². The third-order valence-electron chi connectivity index (χ3n) is 5.90. The fourth-order valence-electron chi connectivity index (χ4n) is 4.14. The van der Waals surface area contributed by atoms with E-state index < -0.39 is 0 Å². The zero-order chi connectivity index (χ0) is 20.4. The van der Waals surface area contributed by atoms with E-state index in [-0.39, 0.29) is 29.9 Å². The lowest BCUT2D eigenvalue weighted by Gasteiger charge is -2.30. The summed E-state index contributed by atoms with van der Waals surface area (Å²) in [6.45, 7) is 1.60. The molecule has 2 N–H and O–H groups in total. The maximum Gasteiger partial charge on any atom is 0.261 e. The van der Waals surface area contributed by atoms with Gasteiger partial charge in [0.2, 0.25) is 5.91 Å². The Kier molecular flexibility index (Phi) is 5.51. The molecule has 1 aromatic carbocycles. The van der Waals surface area contributed by atoms with E-state index in [1.807, 2.05) is 0 Å². The molecule has 2 aliphatic rings. The Labute approximate surface area is 168 Å². The third kappa shape index (κ3) is 4.11. The van der Waals surface area contributed by atoms with Crippen LogP contribution in [0.3, 0.4) is 0 Å². The number of likely N-dealkylation sites (tertiary alicyclic amines) is 1. The molecule has 8 heteroatoms. The average molecular weight is 398 g/mol. The van der Waals surface area contributed by atoms with Gasteiger partial charge in [0.15, 0.2) is 6.61 Å². The van der Waals surface area contributed by atoms with Crippen LogP contribution in [0.2, 0.25) is 0 Å². The number of benzene rings is 1. The van der Waals surface area contributed by atoms with E-state index in [9.17, 15) is 14.4 Å². The molecule has 4 rings (SSSR count). The Hall–Kier alpha value is -2.90. The third-order valence-corrected chi connectivity index (χ3v) is 5.90. The molecule has 3 heterocycles. The van der Waals surface area contributed by atoms with E-state index in [0.29, 0.717) is 49.1 Å². The number of carbonyl (C=O) groups is 2. The highest BCUT2D eigenvalue weighted by Gasteiger charge is 2.26. The van der Waals surface area contributed by atoms with E-state index in [4.69, 9.17) is 10.5 Å². The number of piperidine rings is 1. The van der Waals surface area contributed by atoms with Crippen molar-refractivity contribution in [2.75, 3.05) is 19.7 Å². The first-order chi connectivity index (χ1) is 14.0. The van der Waals surface area contributed by atoms with Gasteiger partial charge in [-0.2, -0.15) is 0 Å². The number of hydrogen-bond donors (Lipinski definition) is 1. The Morgan fingerprint density at radius 2 is 1.93 bits per heavy atom. The van der Waals surface area contributed by atoms with Gasteiger partial charge < -0.3 is 15.4 Å². The molecule has 1 aromatic heterocycles. The fourth-order valence-corrected chi connectivity index (χ4v) is 4.14. The average Bonchev–Trinajstić information content (AvgIpc) is 2.98. The Morgan fingerprint density at radius 1 is 1.14 bits per heavy atom. The Morgan fingerprint density at radius 3 is 2.69 bits per heavy atom. The largest absolute Gasteiger partial charge is 0.484 e. The number of amides is 2. The number of primary amides is 1. The van der Waals surface area contributed by atoms with Gasteiger partial charge in [-0.05, 0) is 43.9 Å². The van der Waals surface area contributed by atoms with Crippen molar-refractivity contribution in [3.05, 3.63) is 34.4 Å². The highest BCUT2D eigenvalue weighted by molar-refractivity contribution is 5.81. The molecule has 0 aliphatic carbocycles. The predicted molar refractivity (Wildman–Crippen MR) is 108 cm³/mol. The number of nitrogens with zero attached hydrogens (tertiary/aromatic N) is 3. The summed E-state index contributed by atoms with van der Waals surface area (Å²) in [6, 6.07) is 5.20. The number of hydrogen-bond acceptors (Lipinski definition) is 5. The van der Waals surface area contributed by atoms with Crippen molar-refractivity contribution in [3.63, 3.8) is 0 Å². The first kappa shape index (κ1) is 19.4. The maximum atomic E-state index is 12.9. The summed E-state index contributed by atoms with van der Waals surface area (Å²) in [5, 5.41) is 0.517. The standard InChI is InChI=1S/C21H26N4O4/c22-20(27)14-7-10-24(11-8-14)19(26)13-29-15-5-6-17-16(12-15)21(28)25-9-3-1-2-4-18(25)23-17/h5-6,12,14H,1-4,7-11,13H2,(H2,22,27). The van der Waals surface area contributed by atoms with Crippen LogP contribution in [0, 0.1) is 5.92 Å². The summed E-state index contributed by atoms with van der Waals surface area (Å²) in [5.41, 5.74) is 5.95. The van der Waals surface area contributed by atoms with Crippen LogP contribution in [0.1, 0.15) is 37.9 Å². The Bertz CT molecular complexity index is 992. The minimum atomic E-state index is -0.303. The molecule has 0 unspecified atom stereocenters. The first-order valence-corrected chi connectivity index (χ1v) is 10.3. The summed E-state index contributed by atoms with van der Waals surface area (Å²) in [6.07, 6.45) is 5.14. The van der Waals surface area contributed by atoms with E-state index in [0.717, 1.165) is 31.5 Å². The first-order valence-electron chi connectivity index (χ1n) is 10.3. The van der Waals surface area contributed by atoms with Crippen LogP contribution in [-0.4, -0.2) is 46.0 Å². The monoisotopic (exact) mass is 398 g/mol. The van der Waals surface area contributed by atoms with Crippen LogP contribution >= 0.6 is 0 Å². The molecule has 8 nitrogen and oxygen atoms in total. The minimum absolute atomic E-state index is 0.0443. The highest BCUT2D eigenvalue weighted by Crippen LogP contribution is 2.21. The topological polar surface area (TPSA) is 108 Å². The lowest BCUT2D eigenvalue weighted by atomic mass is 9.96. The van der Waals surface area contributed by atoms with Gasteiger partial charge in [-0.15, -0.1) is 0 Å². The van der Waals surface area contributed by atoms with Gasteiger partial charge in [0, 0.05) is 32.0 Å². The number of aryl methyl sites for hydroxylation is 1. The SMILES string of the molecule is NC(=O)C1CCN(C(=O)COc2ccc3nc4n(c(=O)c3c2)CCCCC4)CC1. The number of ether oxygens (including phenoxy) is 1. The van der Waals surface area contributed by atoms with Gasteiger partial charge in [-0.25, -0.2) is 4.98 Å². The molecule has 1 fully saturated rings. The van der Waals surface area contributed by atoms with Crippen LogP contribution in [-0.2, 0) is 22.6 Å². The molecule has 2 aliphatic heterocycles. The number of fused-ring (bicyclic) bond motifs is 2. The quantitative estimate of drug-likeness (QED) is 0.833. The molecule has 0 saturated carbocycles. The molecule has 154 valence electrons. The van der Waals surface area contributed by atoms with Gasteiger partial charge in [-0.1, -0.05) is 6.42 Å². The van der Waals surface area contributed by atoms with Crippen LogP contribution in [0.4, 0.5) is 0 Å². The van der Waals surface area contributed by atoms with Crippen molar-refractivity contribution in [1.82, 2.24) is 14.5 Å². The zero-order valence-electron chi connectivity index (χ0n) is 16.4. The van der Waals surface area contributed by atoms with Gasteiger partial charge in [0.05, 0.1) is 10.9 Å². The lowest BCUT2D eigenvalue weighted by Crippen LogP contribution is -2.43. The van der Waals surface area contributed by atoms with Crippen molar-refractivity contribution < 1.29 is 14.3 Å². The molecule has 2 amide bonds. The molecular weight excluding hydrogens is 372 g/mol. The zero-order valence-corrected chi connectivity index (χ0v) is 16.4. The minimum Gasteiger partial charge on any atom is -0.484 e. The second kappa shape index (κ2) is 8.23. The Balaban J connectivity index is 1.45. The predicted octanol–water partition coefficient (Wildman–Crippen LogP) is 1.23. The number of rotatable bonds is 4. The van der Waals surface area contributed by atoms with Gasteiger partial charge in [0.1, 0.15) is 11.6 Å².